The number of hydrogen-bond donors (Lipinski definition) is 1. The van der Waals surface area contributed by atoms with Gasteiger partial charge in [-0.2, -0.15) is 0 Å². The third-order valence-electron chi connectivity index (χ3n) is 3.41. The van der Waals surface area contributed by atoms with Gasteiger partial charge in [-0.25, -0.2) is 9.18 Å². The summed E-state index contributed by atoms with van der Waals surface area (Å²) in [4.78, 5) is 10.9. The highest BCUT2D eigenvalue weighted by Crippen LogP contribution is 2.24. The van der Waals surface area contributed by atoms with Gasteiger partial charge in [0.2, 0.25) is 0 Å². The van der Waals surface area contributed by atoms with E-state index in [4.69, 9.17) is 14.6 Å². The fraction of sp³-hybridized carbons (Fsp3) is 0.533. The van der Waals surface area contributed by atoms with E-state index < -0.39 is 18.1 Å². The first-order valence-corrected chi connectivity index (χ1v) is 6.91. The van der Waals surface area contributed by atoms with E-state index in [2.05, 4.69) is 0 Å². The Hall–Kier alpha value is -1.62. The summed E-state index contributed by atoms with van der Waals surface area (Å²) in [6, 6.07) is 3.47. The van der Waals surface area contributed by atoms with E-state index in [0.29, 0.717) is 0 Å². The minimum atomic E-state index is -1.12. The zero-order valence-corrected chi connectivity index (χ0v) is 11.5. The van der Waals surface area contributed by atoms with Crippen LogP contribution in [-0.4, -0.2) is 23.5 Å². The molecular formula is C15H19FO4. The summed E-state index contributed by atoms with van der Waals surface area (Å²) in [5.74, 6) is -1.79. The Morgan fingerprint density at radius 1 is 1.35 bits per heavy atom. The van der Waals surface area contributed by atoms with Crippen molar-refractivity contribution in [2.24, 2.45) is 0 Å². The van der Waals surface area contributed by atoms with Crippen LogP contribution in [0.2, 0.25) is 0 Å². The van der Waals surface area contributed by atoms with E-state index in [9.17, 15) is 9.18 Å². The van der Waals surface area contributed by atoms with Crippen LogP contribution in [0.4, 0.5) is 4.39 Å². The Labute approximate surface area is 117 Å². The number of rotatable bonds is 5. The normalized spacial score (nSPS) is 17.7. The molecule has 0 bridgehead atoms. The first kappa shape index (κ1) is 14.8. The van der Waals surface area contributed by atoms with Crippen molar-refractivity contribution in [1.29, 1.82) is 0 Å². The van der Waals surface area contributed by atoms with E-state index in [1.165, 1.54) is 18.6 Å². The quantitative estimate of drug-likeness (QED) is 0.838. The lowest BCUT2D eigenvalue weighted by molar-refractivity contribution is -0.118. The number of aromatic carboxylic acids is 1. The largest absolute Gasteiger partial charge is 0.478 e. The van der Waals surface area contributed by atoms with Crippen molar-refractivity contribution < 1.29 is 23.8 Å². The number of carbonyl (C=O) groups is 1. The zero-order chi connectivity index (χ0) is 14.5. The lowest BCUT2D eigenvalue weighted by Gasteiger charge is -2.26. The van der Waals surface area contributed by atoms with E-state index in [-0.39, 0.29) is 17.4 Å². The summed E-state index contributed by atoms with van der Waals surface area (Å²) in [7, 11) is 0. The Morgan fingerprint density at radius 2 is 2.05 bits per heavy atom. The molecule has 20 heavy (non-hydrogen) atoms. The van der Waals surface area contributed by atoms with E-state index in [1.54, 1.807) is 6.92 Å². The standard InChI is InChI=1S/C15H19FO4/c1-10(19-12-5-3-2-4-6-12)20-14-9-11(15(17)18)7-8-13(14)16/h7-10,12H,2-6H2,1H3,(H,17,18). The molecule has 1 fully saturated rings. The van der Waals surface area contributed by atoms with Gasteiger partial charge in [-0.3, -0.25) is 0 Å². The Balaban J connectivity index is 1.97. The van der Waals surface area contributed by atoms with Crippen LogP contribution in [0.15, 0.2) is 18.2 Å². The molecule has 1 unspecified atom stereocenters. The summed E-state index contributed by atoms with van der Waals surface area (Å²) in [5.41, 5.74) is -0.00809. The molecule has 110 valence electrons. The molecule has 1 saturated carbocycles. The summed E-state index contributed by atoms with van der Waals surface area (Å²) in [5, 5.41) is 8.89. The van der Waals surface area contributed by atoms with Gasteiger partial charge in [-0.05, 0) is 38.0 Å². The van der Waals surface area contributed by atoms with Crippen molar-refractivity contribution in [2.45, 2.75) is 51.4 Å². The average molecular weight is 282 g/mol. The molecule has 0 aliphatic heterocycles. The fourth-order valence-electron chi connectivity index (χ4n) is 2.41. The van der Waals surface area contributed by atoms with Gasteiger partial charge in [0.15, 0.2) is 17.9 Å². The average Bonchev–Trinajstić information content (AvgIpc) is 2.42. The highest BCUT2D eigenvalue weighted by molar-refractivity contribution is 5.88. The minimum Gasteiger partial charge on any atom is -0.478 e. The van der Waals surface area contributed by atoms with Crippen molar-refractivity contribution >= 4 is 5.97 Å². The highest BCUT2D eigenvalue weighted by Gasteiger charge is 2.19. The summed E-state index contributed by atoms with van der Waals surface area (Å²) in [6.45, 7) is 1.70. The van der Waals surface area contributed by atoms with Crippen LogP contribution in [0, 0.1) is 5.82 Å². The second-order valence-corrected chi connectivity index (χ2v) is 5.03. The smallest absolute Gasteiger partial charge is 0.335 e. The Morgan fingerprint density at radius 3 is 2.70 bits per heavy atom. The number of carboxylic acids is 1. The van der Waals surface area contributed by atoms with Gasteiger partial charge in [0.1, 0.15) is 0 Å². The highest BCUT2D eigenvalue weighted by atomic mass is 19.1. The van der Waals surface area contributed by atoms with Crippen LogP contribution in [-0.2, 0) is 4.74 Å². The Bertz CT molecular complexity index is 469. The van der Waals surface area contributed by atoms with Crippen LogP contribution in [0.5, 0.6) is 5.75 Å². The summed E-state index contributed by atoms with van der Waals surface area (Å²) in [6.07, 6.45) is 5.03. The predicted octanol–water partition coefficient (Wildman–Crippen LogP) is 3.60. The van der Waals surface area contributed by atoms with Crippen LogP contribution in [0.1, 0.15) is 49.4 Å². The molecule has 4 nitrogen and oxygen atoms in total. The summed E-state index contributed by atoms with van der Waals surface area (Å²) >= 11 is 0. The number of halogens is 1. The molecule has 2 rings (SSSR count). The third-order valence-corrected chi connectivity index (χ3v) is 3.41. The van der Waals surface area contributed by atoms with Crippen LogP contribution >= 0.6 is 0 Å². The fourth-order valence-corrected chi connectivity index (χ4v) is 2.41. The van der Waals surface area contributed by atoms with Crippen LogP contribution in [0.25, 0.3) is 0 Å². The molecule has 1 aromatic rings. The van der Waals surface area contributed by atoms with Gasteiger partial charge < -0.3 is 14.6 Å². The van der Waals surface area contributed by atoms with Crippen molar-refractivity contribution in [2.75, 3.05) is 0 Å². The first-order valence-electron chi connectivity index (χ1n) is 6.91. The van der Waals surface area contributed by atoms with Gasteiger partial charge in [0.05, 0.1) is 11.7 Å². The lowest BCUT2D eigenvalue weighted by atomic mass is 9.98. The third kappa shape index (κ3) is 3.93. The molecule has 1 aliphatic carbocycles. The van der Waals surface area contributed by atoms with E-state index >= 15 is 0 Å². The van der Waals surface area contributed by atoms with Gasteiger partial charge in [-0.1, -0.05) is 19.3 Å². The minimum absolute atomic E-state index is 0.00809. The van der Waals surface area contributed by atoms with E-state index in [1.807, 2.05) is 0 Å². The number of benzene rings is 1. The molecule has 1 aliphatic rings. The monoisotopic (exact) mass is 282 g/mol. The molecule has 1 N–H and O–H groups in total. The van der Waals surface area contributed by atoms with Gasteiger partial charge >= 0.3 is 5.97 Å². The maximum absolute atomic E-state index is 13.6. The first-order chi connectivity index (χ1) is 9.56. The molecular weight excluding hydrogens is 263 g/mol. The second kappa shape index (κ2) is 6.70. The van der Waals surface area contributed by atoms with E-state index in [0.717, 1.165) is 31.7 Å². The molecule has 1 atom stereocenters. The zero-order valence-electron chi connectivity index (χ0n) is 11.5. The Kier molecular flexibility index (Phi) is 4.95. The number of ether oxygens (including phenoxy) is 2. The number of carboxylic acid groups (broad SMARTS) is 1. The van der Waals surface area contributed by atoms with Crippen molar-refractivity contribution in [3.05, 3.63) is 29.6 Å². The molecule has 0 spiro atoms. The molecule has 0 radical (unpaired) electrons. The topological polar surface area (TPSA) is 55.8 Å². The maximum Gasteiger partial charge on any atom is 0.335 e. The van der Waals surface area contributed by atoms with Crippen LogP contribution < -0.4 is 4.74 Å². The lowest BCUT2D eigenvalue weighted by Crippen LogP contribution is -2.26. The van der Waals surface area contributed by atoms with Crippen molar-refractivity contribution in [3.8, 4) is 5.75 Å². The SMILES string of the molecule is CC(Oc1cc(C(=O)O)ccc1F)OC1CCCCC1. The molecule has 0 amide bonds. The summed E-state index contributed by atoms with van der Waals surface area (Å²) < 4.78 is 24.7. The second-order valence-electron chi connectivity index (χ2n) is 5.03. The van der Waals surface area contributed by atoms with Gasteiger partial charge in [-0.15, -0.1) is 0 Å². The van der Waals surface area contributed by atoms with Gasteiger partial charge in [0.25, 0.3) is 0 Å². The molecule has 1 aromatic carbocycles. The van der Waals surface area contributed by atoms with Gasteiger partial charge in [0, 0.05) is 0 Å². The van der Waals surface area contributed by atoms with Crippen molar-refractivity contribution in [1.82, 2.24) is 0 Å². The molecule has 0 heterocycles. The van der Waals surface area contributed by atoms with Crippen molar-refractivity contribution in [3.63, 3.8) is 0 Å². The molecule has 0 saturated heterocycles. The predicted molar refractivity (Wildman–Crippen MR) is 71.4 cm³/mol. The number of hydrogen-bond acceptors (Lipinski definition) is 3. The van der Waals surface area contributed by atoms with Crippen LogP contribution in [0.3, 0.4) is 0 Å². The molecule has 5 heteroatoms. The molecule has 0 aromatic heterocycles. The maximum atomic E-state index is 13.6.